The minimum absolute atomic E-state index is 0.346. The largest absolute Gasteiger partial charge is 0.395 e. The fourth-order valence-corrected chi connectivity index (χ4v) is 1.99. The third kappa shape index (κ3) is 4.00. The molecule has 1 aromatic rings. The molecule has 2 N–H and O–H groups in total. The van der Waals surface area contributed by atoms with Crippen molar-refractivity contribution in [1.82, 2.24) is 9.97 Å². The number of nitrogen functional groups attached to an aromatic ring is 1. The highest BCUT2D eigenvalue weighted by molar-refractivity contribution is 6.31. The van der Waals surface area contributed by atoms with Gasteiger partial charge in [0.25, 0.3) is 0 Å². The van der Waals surface area contributed by atoms with E-state index in [1.54, 1.807) is 0 Å². The molecule has 1 rings (SSSR count). The highest BCUT2D eigenvalue weighted by Gasteiger charge is 2.10. The van der Waals surface area contributed by atoms with Crippen LogP contribution in [0.25, 0.3) is 0 Å². The summed E-state index contributed by atoms with van der Waals surface area (Å²) in [6.07, 6.45) is 6.46. The minimum atomic E-state index is 0.346. The second-order valence-corrected chi connectivity index (χ2v) is 4.92. The molecule has 0 aliphatic carbocycles. The first-order valence-electron chi connectivity index (χ1n) is 5.93. The number of nitrogens with zero attached hydrogens (tertiary/aromatic N) is 2. The fourth-order valence-electron chi connectivity index (χ4n) is 1.84. The zero-order chi connectivity index (χ0) is 12.8. The normalized spacial score (nSPS) is 12.7. The summed E-state index contributed by atoms with van der Waals surface area (Å²) in [5.41, 5.74) is 7.17. The lowest BCUT2D eigenvalue weighted by molar-refractivity contribution is 0.424. The number of halogens is 1. The zero-order valence-corrected chi connectivity index (χ0v) is 11.2. The van der Waals surface area contributed by atoms with Crippen LogP contribution in [0.2, 0.25) is 5.15 Å². The van der Waals surface area contributed by atoms with Gasteiger partial charge in [-0.05, 0) is 31.1 Å². The number of hydrogen-bond acceptors (Lipinski definition) is 3. The summed E-state index contributed by atoms with van der Waals surface area (Å²) in [7, 11) is 0. The van der Waals surface area contributed by atoms with E-state index in [2.05, 4.69) is 30.4 Å². The van der Waals surface area contributed by atoms with E-state index in [4.69, 9.17) is 17.3 Å². The number of anilines is 1. The van der Waals surface area contributed by atoms with Crippen LogP contribution < -0.4 is 5.73 Å². The Hall–Kier alpha value is -1.09. The van der Waals surface area contributed by atoms with E-state index in [9.17, 15) is 0 Å². The van der Waals surface area contributed by atoms with Crippen molar-refractivity contribution in [3.05, 3.63) is 29.8 Å². The van der Waals surface area contributed by atoms with Gasteiger partial charge in [-0.25, -0.2) is 9.97 Å². The van der Waals surface area contributed by atoms with E-state index in [1.807, 2.05) is 6.08 Å². The molecule has 0 aliphatic rings. The molecule has 1 heterocycles. The predicted octanol–water partition coefficient (Wildman–Crippen LogP) is 3.49. The second-order valence-electron chi connectivity index (χ2n) is 4.56. The Morgan fingerprint density at radius 1 is 1.47 bits per heavy atom. The summed E-state index contributed by atoms with van der Waals surface area (Å²) in [5.74, 6) is 1.17. The van der Waals surface area contributed by atoms with Gasteiger partial charge in [-0.15, -0.1) is 6.58 Å². The number of rotatable bonds is 6. The van der Waals surface area contributed by atoms with E-state index in [1.165, 1.54) is 6.33 Å². The summed E-state index contributed by atoms with van der Waals surface area (Å²) < 4.78 is 0. The quantitative estimate of drug-likeness (QED) is 0.624. The number of allylic oxidation sites excluding steroid dienone is 1. The summed E-state index contributed by atoms with van der Waals surface area (Å²) in [6, 6.07) is 0. The van der Waals surface area contributed by atoms with E-state index in [-0.39, 0.29) is 0 Å². The Bertz CT molecular complexity index is 377. The van der Waals surface area contributed by atoms with Gasteiger partial charge in [-0.3, -0.25) is 0 Å². The number of nitrogens with two attached hydrogens (primary N) is 1. The summed E-state index contributed by atoms with van der Waals surface area (Å²) in [5, 5.41) is 0.346. The van der Waals surface area contributed by atoms with Crippen molar-refractivity contribution in [2.24, 2.45) is 11.8 Å². The van der Waals surface area contributed by atoms with Crippen molar-refractivity contribution >= 4 is 17.3 Å². The van der Waals surface area contributed by atoms with Crippen LogP contribution >= 0.6 is 11.6 Å². The van der Waals surface area contributed by atoms with Gasteiger partial charge in [-0.2, -0.15) is 0 Å². The predicted molar refractivity (Wildman–Crippen MR) is 72.9 cm³/mol. The molecular weight excluding hydrogens is 234 g/mol. The molecule has 1 atom stereocenters. The summed E-state index contributed by atoms with van der Waals surface area (Å²) in [4.78, 5) is 8.00. The van der Waals surface area contributed by atoms with Crippen molar-refractivity contribution in [3.63, 3.8) is 0 Å². The van der Waals surface area contributed by atoms with Crippen LogP contribution in [-0.2, 0) is 6.42 Å². The van der Waals surface area contributed by atoms with Gasteiger partial charge in [-0.1, -0.05) is 31.5 Å². The SMILES string of the molecule is C=CC(CCCc1ncnc(Cl)c1N)C(C)C. The van der Waals surface area contributed by atoms with Gasteiger partial charge in [0.2, 0.25) is 0 Å². The maximum absolute atomic E-state index is 5.84. The van der Waals surface area contributed by atoms with E-state index < -0.39 is 0 Å². The van der Waals surface area contributed by atoms with Crippen LogP contribution in [0.1, 0.15) is 32.4 Å². The van der Waals surface area contributed by atoms with Gasteiger partial charge >= 0.3 is 0 Å². The molecule has 0 bridgehead atoms. The van der Waals surface area contributed by atoms with Crippen LogP contribution in [0.5, 0.6) is 0 Å². The average Bonchev–Trinajstić information content (AvgIpc) is 2.29. The van der Waals surface area contributed by atoms with Gasteiger partial charge in [0.05, 0.1) is 11.4 Å². The topological polar surface area (TPSA) is 51.8 Å². The van der Waals surface area contributed by atoms with Crippen LogP contribution in [0.3, 0.4) is 0 Å². The lowest BCUT2D eigenvalue weighted by atomic mass is 9.90. The van der Waals surface area contributed by atoms with E-state index in [0.29, 0.717) is 22.7 Å². The molecule has 17 heavy (non-hydrogen) atoms. The Balaban J connectivity index is 2.51. The first-order chi connectivity index (χ1) is 8.06. The maximum Gasteiger partial charge on any atom is 0.155 e. The number of aromatic nitrogens is 2. The molecule has 1 aromatic heterocycles. The molecule has 0 fully saturated rings. The molecule has 0 spiro atoms. The van der Waals surface area contributed by atoms with Crippen LogP contribution in [0.4, 0.5) is 5.69 Å². The molecule has 0 amide bonds. The molecule has 1 unspecified atom stereocenters. The molecule has 3 nitrogen and oxygen atoms in total. The molecule has 0 saturated carbocycles. The van der Waals surface area contributed by atoms with Crippen molar-refractivity contribution in [2.75, 3.05) is 5.73 Å². The monoisotopic (exact) mass is 253 g/mol. The number of hydrogen-bond donors (Lipinski definition) is 1. The molecule has 0 aromatic carbocycles. The first kappa shape index (κ1) is 14.0. The molecule has 94 valence electrons. The Morgan fingerprint density at radius 3 is 2.76 bits per heavy atom. The lowest BCUT2D eigenvalue weighted by Gasteiger charge is -2.16. The van der Waals surface area contributed by atoms with E-state index >= 15 is 0 Å². The zero-order valence-electron chi connectivity index (χ0n) is 10.5. The molecule has 0 saturated heterocycles. The van der Waals surface area contributed by atoms with Crippen LogP contribution in [0, 0.1) is 11.8 Å². The Labute approximate surface area is 108 Å². The smallest absolute Gasteiger partial charge is 0.155 e. The third-order valence-electron chi connectivity index (χ3n) is 3.03. The lowest BCUT2D eigenvalue weighted by Crippen LogP contribution is -2.07. The summed E-state index contributed by atoms with van der Waals surface area (Å²) >= 11 is 5.84. The van der Waals surface area contributed by atoms with Gasteiger partial charge in [0, 0.05) is 0 Å². The number of aryl methyl sites for hydroxylation is 1. The first-order valence-corrected chi connectivity index (χ1v) is 6.31. The van der Waals surface area contributed by atoms with Gasteiger partial charge in [0.15, 0.2) is 5.15 Å². The highest BCUT2D eigenvalue weighted by atomic mass is 35.5. The minimum Gasteiger partial charge on any atom is -0.395 e. The molecule has 4 heteroatoms. The van der Waals surface area contributed by atoms with Crippen LogP contribution in [-0.4, -0.2) is 9.97 Å². The Morgan fingerprint density at radius 2 is 2.18 bits per heavy atom. The summed E-state index contributed by atoms with van der Waals surface area (Å²) in [6.45, 7) is 8.29. The van der Waals surface area contributed by atoms with Crippen LogP contribution in [0.15, 0.2) is 19.0 Å². The van der Waals surface area contributed by atoms with E-state index in [0.717, 1.165) is 25.0 Å². The Kier molecular flexibility index (Phi) is 5.42. The van der Waals surface area contributed by atoms with Gasteiger partial charge < -0.3 is 5.73 Å². The van der Waals surface area contributed by atoms with Crippen molar-refractivity contribution in [3.8, 4) is 0 Å². The standard InChI is InChI=1S/C13H20ClN3/c1-4-10(9(2)3)6-5-7-11-12(15)13(14)17-8-16-11/h4,8-10H,1,5-7,15H2,2-3H3. The highest BCUT2D eigenvalue weighted by Crippen LogP contribution is 2.22. The second kappa shape index (κ2) is 6.60. The molecule has 0 aliphatic heterocycles. The third-order valence-corrected chi connectivity index (χ3v) is 3.33. The van der Waals surface area contributed by atoms with Gasteiger partial charge in [0.1, 0.15) is 6.33 Å². The fraction of sp³-hybridized carbons (Fsp3) is 0.538. The molecular formula is C13H20ClN3. The maximum atomic E-state index is 5.84. The molecule has 0 radical (unpaired) electrons. The van der Waals surface area contributed by atoms with Crippen molar-refractivity contribution in [2.45, 2.75) is 33.1 Å². The van der Waals surface area contributed by atoms with Crippen molar-refractivity contribution < 1.29 is 0 Å². The van der Waals surface area contributed by atoms with Crippen molar-refractivity contribution in [1.29, 1.82) is 0 Å². The average molecular weight is 254 g/mol.